The number of benzene rings is 1. The molecule has 10 nitrogen and oxygen atoms in total. The minimum Gasteiger partial charge on any atom is -0.507 e. The zero-order valence-corrected chi connectivity index (χ0v) is 11.8. The number of rotatable bonds is 4. The second-order valence-electron chi connectivity index (χ2n) is 5.00. The van der Waals surface area contributed by atoms with Gasteiger partial charge in [0.1, 0.15) is 30.1 Å². The molecule has 0 aromatic heterocycles. The molecule has 5 atom stereocenters. The SMILES string of the molecule is O=[N+]([O-])c1ccc(O)c(C=N[C@H]2[C@H](O)[C@@H](O)[C@@H](CO)O[C@H]2O)c1. The number of non-ortho nitro benzene ring substituents is 1. The van der Waals surface area contributed by atoms with Crippen LogP contribution in [0.1, 0.15) is 5.56 Å². The molecule has 1 fully saturated rings. The molecule has 1 aromatic carbocycles. The van der Waals surface area contributed by atoms with Crippen molar-refractivity contribution < 1.29 is 35.2 Å². The second kappa shape index (κ2) is 6.98. The van der Waals surface area contributed by atoms with Crippen LogP contribution in [0.15, 0.2) is 23.2 Å². The van der Waals surface area contributed by atoms with E-state index < -0.39 is 42.2 Å². The van der Waals surface area contributed by atoms with Crippen molar-refractivity contribution in [2.45, 2.75) is 30.6 Å². The van der Waals surface area contributed by atoms with Gasteiger partial charge in [0, 0.05) is 23.9 Å². The summed E-state index contributed by atoms with van der Waals surface area (Å²) in [6, 6.07) is 2.00. The fourth-order valence-electron chi connectivity index (χ4n) is 2.17. The third-order valence-electron chi connectivity index (χ3n) is 3.47. The molecule has 1 aromatic rings. The normalized spacial score (nSPS) is 31.4. The summed E-state index contributed by atoms with van der Waals surface area (Å²) >= 11 is 0. The zero-order valence-electron chi connectivity index (χ0n) is 11.8. The third kappa shape index (κ3) is 3.63. The van der Waals surface area contributed by atoms with E-state index in [9.17, 15) is 30.5 Å². The molecule has 0 unspecified atom stereocenters. The standard InChI is InChI=1S/C13H16N2O8/c16-5-9-11(18)12(19)10(13(20)23-9)14-4-6-3-7(15(21)22)1-2-8(6)17/h1-4,9-13,16-20H,5H2/t9-,10+,11+,12+,13-/m1/s1. The molecule has 1 aliphatic rings. The average Bonchev–Trinajstić information content (AvgIpc) is 2.52. The molecule has 0 aliphatic carbocycles. The molecule has 0 bridgehead atoms. The van der Waals surface area contributed by atoms with E-state index in [-0.39, 0.29) is 17.0 Å². The maximum atomic E-state index is 10.7. The minimum absolute atomic E-state index is 0.00243. The van der Waals surface area contributed by atoms with Gasteiger partial charge in [-0.25, -0.2) is 0 Å². The molecule has 10 heteroatoms. The average molecular weight is 328 g/mol. The fourth-order valence-corrected chi connectivity index (χ4v) is 2.17. The first-order chi connectivity index (χ1) is 10.8. The first kappa shape index (κ1) is 17.2. The predicted molar refractivity (Wildman–Crippen MR) is 76.1 cm³/mol. The summed E-state index contributed by atoms with van der Waals surface area (Å²) < 4.78 is 4.92. The largest absolute Gasteiger partial charge is 0.507 e. The van der Waals surface area contributed by atoms with Crippen molar-refractivity contribution >= 4 is 11.9 Å². The Labute approximate surface area is 130 Å². The van der Waals surface area contributed by atoms with Crippen LogP contribution in [-0.4, -0.2) is 73.9 Å². The molecular weight excluding hydrogens is 312 g/mol. The van der Waals surface area contributed by atoms with Crippen LogP contribution in [0.4, 0.5) is 5.69 Å². The maximum Gasteiger partial charge on any atom is 0.270 e. The number of hydrogen-bond acceptors (Lipinski definition) is 9. The van der Waals surface area contributed by atoms with Gasteiger partial charge in [0.15, 0.2) is 6.29 Å². The topological polar surface area (TPSA) is 166 Å². The van der Waals surface area contributed by atoms with Gasteiger partial charge >= 0.3 is 0 Å². The van der Waals surface area contributed by atoms with Crippen molar-refractivity contribution in [3.63, 3.8) is 0 Å². The highest BCUT2D eigenvalue weighted by atomic mass is 16.6. The Morgan fingerprint density at radius 1 is 1.30 bits per heavy atom. The summed E-state index contributed by atoms with van der Waals surface area (Å²) in [5, 5.41) is 58.7. The van der Waals surface area contributed by atoms with Crippen LogP contribution in [0, 0.1) is 10.1 Å². The molecule has 0 amide bonds. The van der Waals surface area contributed by atoms with E-state index in [1.165, 1.54) is 0 Å². The number of aliphatic hydroxyl groups excluding tert-OH is 4. The van der Waals surface area contributed by atoms with Crippen molar-refractivity contribution in [1.82, 2.24) is 0 Å². The van der Waals surface area contributed by atoms with Gasteiger partial charge in [-0.2, -0.15) is 0 Å². The fraction of sp³-hybridized carbons (Fsp3) is 0.462. The van der Waals surface area contributed by atoms with Crippen molar-refractivity contribution in [2.75, 3.05) is 6.61 Å². The number of aromatic hydroxyl groups is 1. The molecule has 1 heterocycles. The number of phenolic OH excluding ortho intramolecular Hbond substituents is 1. The van der Waals surface area contributed by atoms with Gasteiger partial charge in [-0.05, 0) is 6.07 Å². The van der Waals surface area contributed by atoms with Gasteiger partial charge < -0.3 is 30.3 Å². The highest BCUT2D eigenvalue weighted by Gasteiger charge is 2.43. The molecule has 0 saturated carbocycles. The number of ether oxygens (including phenoxy) is 1. The van der Waals surface area contributed by atoms with Gasteiger partial charge in [-0.15, -0.1) is 0 Å². The van der Waals surface area contributed by atoms with Crippen LogP contribution in [0.25, 0.3) is 0 Å². The van der Waals surface area contributed by atoms with E-state index in [0.29, 0.717) is 0 Å². The third-order valence-corrected chi connectivity index (χ3v) is 3.47. The molecule has 0 radical (unpaired) electrons. The lowest BCUT2D eigenvalue weighted by Crippen LogP contribution is -2.57. The van der Waals surface area contributed by atoms with Crippen LogP contribution in [0.5, 0.6) is 5.75 Å². The number of aliphatic hydroxyl groups is 4. The first-order valence-electron chi connectivity index (χ1n) is 6.66. The van der Waals surface area contributed by atoms with Gasteiger partial charge in [0.25, 0.3) is 5.69 Å². The lowest BCUT2D eigenvalue weighted by Gasteiger charge is -2.38. The van der Waals surface area contributed by atoms with Crippen LogP contribution < -0.4 is 0 Å². The first-order valence-corrected chi connectivity index (χ1v) is 6.66. The van der Waals surface area contributed by atoms with E-state index in [0.717, 1.165) is 24.4 Å². The van der Waals surface area contributed by atoms with Crippen LogP contribution in [0.3, 0.4) is 0 Å². The van der Waals surface area contributed by atoms with Gasteiger partial charge in [-0.1, -0.05) is 0 Å². The number of nitro benzene ring substituents is 1. The van der Waals surface area contributed by atoms with Crippen LogP contribution in [0.2, 0.25) is 0 Å². The second-order valence-corrected chi connectivity index (χ2v) is 5.00. The lowest BCUT2D eigenvalue weighted by molar-refractivity contribution is -0.384. The monoisotopic (exact) mass is 328 g/mol. The van der Waals surface area contributed by atoms with Gasteiger partial charge in [0.05, 0.1) is 11.5 Å². The molecule has 1 aliphatic heterocycles. The van der Waals surface area contributed by atoms with E-state index in [4.69, 9.17) is 9.84 Å². The smallest absolute Gasteiger partial charge is 0.270 e. The van der Waals surface area contributed by atoms with Crippen LogP contribution >= 0.6 is 0 Å². The number of hydrogen-bond donors (Lipinski definition) is 5. The van der Waals surface area contributed by atoms with Crippen molar-refractivity contribution in [3.8, 4) is 5.75 Å². The molecule has 1 saturated heterocycles. The Morgan fingerprint density at radius 3 is 2.61 bits per heavy atom. The Hall–Kier alpha value is -2.11. The number of nitro groups is 1. The Kier molecular flexibility index (Phi) is 5.23. The van der Waals surface area contributed by atoms with Gasteiger partial charge in [0.2, 0.25) is 0 Å². The van der Waals surface area contributed by atoms with E-state index in [1.807, 2.05) is 0 Å². The van der Waals surface area contributed by atoms with E-state index >= 15 is 0 Å². The van der Waals surface area contributed by atoms with Gasteiger partial charge in [-0.3, -0.25) is 15.1 Å². The summed E-state index contributed by atoms with van der Waals surface area (Å²) in [4.78, 5) is 13.9. The van der Waals surface area contributed by atoms with Crippen LogP contribution in [-0.2, 0) is 4.74 Å². The molecule has 2 rings (SSSR count). The minimum atomic E-state index is -1.59. The van der Waals surface area contributed by atoms with Crippen molar-refractivity contribution in [2.24, 2.45) is 4.99 Å². The number of nitrogens with zero attached hydrogens (tertiary/aromatic N) is 2. The molecule has 126 valence electrons. The number of phenols is 1. The Bertz CT molecular complexity index is 608. The van der Waals surface area contributed by atoms with Crippen molar-refractivity contribution in [3.05, 3.63) is 33.9 Å². The van der Waals surface area contributed by atoms with E-state index in [2.05, 4.69) is 4.99 Å². The molecule has 5 N–H and O–H groups in total. The molecule has 23 heavy (non-hydrogen) atoms. The number of aliphatic imine (C=N–C) groups is 1. The predicted octanol–water partition coefficient (Wildman–Crippen LogP) is -1.48. The highest BCUT2D eigenvalue weighted by molar-refractivity contribution is 5.84. The maximum absolute atomic E-state index is 10.7. The Balaban J connectivity index is 2.22. The quantitative estimate of drug-likeness (QED) is 0.253. The Morgan fingerprint density at radius 2 is 2.00 bits per heavy atom. The molecule has 0 spiro atoms. The summed E-state index contributed by atoms with van der Waals surface area (Å²) in [5.74, 6) is -0.283. The van der Waals surface area contributed by atoms with Crippen molar-refractivity contribution in [1.29, 1.82) is 0 Å². The molecular formula is C13H16N2O8. The summed E-state index contributed by atoms with van der Waals surface area (Å²) in [6.45, 7) is -0.600. The zero-order chi connectivity index (χ0) is 17.1. The van der Waals surface area contributed by atoms with E-state index in [1.54, 1.807) is 0 Å². The summed E-state index contributed by atoms with van der Waals surface area (Å²) in [5.41, 5.74) is -0.275. The lowest BCUT2D eigenvalue weighted by atomic mass is 9.97. The summed E-state index contributed by atoms with van der Waals surface area (Å²) in [6.07, 6.45) is -4.72. The summed E-state index contributed by atoms with van der Waals surface area (Å²) in [7, 11) is 0. The highest BCUT2D eigenvalue weighted by Crippen LogP contribution is 2.24.